The number of rotatable bonds is 8. The van der Waals surface area contributed by atoms with E-state index < -0.39 is 5.56 Å². The largest absolute Gasteiger partial charge is 0.494 e. The highest BCUT2D eigenvalue weighted by Gasteiger charge is 2.35. The molecule has 2 aromatic rings. The maximum absolute atomic E-state index is 12.7. The maximum Gasteiger partial charge on any atom is 0.264 e. The third-order valence-electron chi connectivity index (χ3n) is 5.24. The van der Waals surface area contributed by atoms with Crippen molar-refractivity contribution >= 4 is 23.8 Å². The first kappa shape index (κ1) is 22.7. The number of aromatic amines is 1. The summed E-state index contributed by atoms with van der Waals surface area (Å²) in [7, 11) is 0. The Labute approximate surface area is 186 Å². The van der Waals surface area contributed by atoms with Crippen LogP contribution in [0.5, 0.6) is 11.6 Å². The molecule has 1 atom stereocenters. The number of H-pyrrole nitrogens is 1. The highest BCUT2D eigenvalue weighted by molar-refractivity contribution is 7.71. The second-order valence-electron chi connectivity index (χ2n) is 7.32. The number of nitrogens with zero attached hydrogens (tertiary/aromatic N) is 3. The van der Waals surface area contributed by atoms with E-state index in [1.54, 1.807) is 6.92 Å². The molecule has 3 rings (SSSR count). The van der Waals surface area contributed by atoms with E-state index in [1.165, 1.54) is 9.58 Å². The number of hydrazone groups is 1. The van der Waals surface area contributed by atoms with Gasteiger partial charge in [-0.2, -0.15) is 5.10 Å². The van der Waals surface area contributed by atoms with E-state index in [0.29, 0.717) is 25.3 Å². The number of hydrogen-bond donors (Lipinski definition) is 2. The molecular weight excluding hydrogens is 416 g/mol. The van der Waals surface area contributed by atoms with Crippen LogP contribution in [0.4, 0.5) is 0 Å². The Balaban J connectivity index is 2.02. The predicted octanol–water partition coefficient (Wildman–Crippen LogP) is 3.90. The van der Waals surface area contributed by atoms with Gasteiger partial charge in [-0.3, -0.25) is 19.1 Å². The Morgan fingerprint density at radius 3 is 2.61 bits per heavy atom. The van der Waals surface area contributed by atoms with Crippen LogP contribution >= 0.6 is 12.2 Å². The number of hydrogen-bond acceptors (Lipinski definition) is 6. The zero-order valence-corrected chi connectivity index (χ0v) is 18.9. The standard InChI is InChI=1S/C22H28N4O4S/c1-4-7-12-25-21(29)19(20(28)23-22(25)31)16-13-17(26(24-16)18(27)5-2)14-8-10-15(11-9-14)30-6-3/h8-11,17,29H,4-7,12-13H2,1-3H3,(H,23,28,31). The van der Waals surface area contributed by atoms with Crippen LogP contribution in [0.2, 0.25) is 0 Å². The molecule has 2 N–H and O–H groups in total. The number of unbranched alkanes of at least 4 members (excludes halogenated alkanes) is 1. The van der Waals surface area contributed by atoms with E-state index in [4.69, 9.17) is 17.0 Å². The minimum atomic E-state index is -0.509. The van der Waals surface area contributed by atoms with Crippen LogP contribution in [0.25, 0.3) is 0 Å². The van der Waals surface area contributed by atoms with Gasteiger partial charge in [-0.15, -0.1) is 0 Å². The van der Waals surface area contributed by atoms with Gasteiger partial charge >= 0.3 is 0 Å². The molecule has 0 spiro atoms. The molecule has 1 unspecified atom stereocenters. The molecule has 1 amide bonds. The van der Waals surface area contributed by atoms with Crippen LogP contribution in [-0.4, -0.2) is 37.9 Å². The molecule has 9 heteroatoms. The average molecular weight is 445 g/mol. The Morgan fingerprint density at radius 2 is 2.00 bits per heavy atom. The molecule has 31 heavy (non-hydrogen) atoms. The fourth-order valence-corrected chi connectivity index (χ4v) is 3.88. The van der Waals surface area contributed by atoms with Gasteiger partial charge in [-0.05, 0) is 43.3 Å². The van der Waals surface area contributed by atoms with Crippen LogP contribution in [0.15, 0.2) is 34.2 Å². The summed E-state index contributed by atoms with van der Waals surface area (Å²) in [5.74, 6) is 0.367. The molecule has 0 saturated heterocycles. The topological polar surface area (TPSA) is 99.9 Å². The van der Waals surface area contributed by atoms with Crippen LogP contribution < -0.4 is 10.3 Å². The predicted molar refractivity (Wildman–Crippen MR) is 121 cm³/mol. The molecule has 2 heterocycles. The summed E-state index contributed by atoms with van der Waals surface area (Å²) in [4.78, 5) is 27.9. The third-order valence-corrected chi connectivity index (χ3v) is 5.56. The number of aromatic nitrogens is 2. The molecule has 1 aliphatic heterocycles. The van der Waals surface area contributed by atoms with E-state index in [2.05, 4.69) is 10.1 Å². The van der Waals surface area contributed by atoms with Crippen molar-refractivity contribution in [3.05, 3.63) is 50.5 Å². The van der Waals surface area contributed by atoms with Gasteiger partial charge in [0.25, 0.3) is 5.56 Å². The summed E-state index contributed by atoms with van der Waals surface area (Å²) < 4.78 is 7.17. The van der Waals surface area contributed by atoms with Crippen molar-refractivity contribution in [2.75, 3.05) is 6.61 Å². The van der Waals surface area contributed by atoms with Gasteiger partial charge in [0.15, 0.2) is 4.77 Å². The van der Waals surface area contributed by atoms with Crippen LogP contribution in [0.1, 0.15) is 63.6 Å². The van der Waals surface area contributed by atoms with Crippen molar-refractivity contribution in [1.29, 1.82) is 0 Å². The lowest BCUT2D eigenvalue weighted by Gasteiger charge is -2.21. The zero-order valence-electron chi connectivity index (χ0n) is 18.1. The summed E-state index contributed by atoms with van der Waals surface area (Å²) in [5.41, 5.74) is 0.788. The van der Waals surface area contributed by atoms with Crippen molar-refractivity contribution in [3.8, 4) is 11.6 Å². The van der Waals surface area contributed by atoms with Crippen molar-refractivity contribution < 1.29 is 14.6 Å². The monoisotopic (exact) mass is 444 g/mol. The van der Waals surface area contributed by atoms with Crippen molar-refractivity contribution in [3.63, 3.8) is 0 Å². The highest BCUT2D eigenvalue weighted by atomic mass is 32.1. The number of carbonyl (C=O) groups excluding carboxylic acids is 1. The summed E-state index contributed by atoms with van der Waals surface area (Å²) >= 11 is 5.22. The SMILES string of the molecule is CCCCn1c(O)c(C2=NN(C(=O)CC)C(c3ccc(OCC)cc3)C2)c(=O)[nH]c1=S. The van der Waals surface area contributed by atoms with Crippen molar-refractivity contribution in [2.24, 2.45) is 5.10 Å². The molecular formula is C22H28N4O4S. The average Bonchev–Trinajstić information content (AvgIpc) is 3.18. The minimum absolute atomic E-state index is 0.0621. The van der Waals surface area contributed by atoms with Gasteiger partial charge in [-0.1, -0.05) is 32.4 Å². The fraction of sp³-hybridized carbons (Fsp3) is 0.455. The van der Waals surface area contributed by atoms with Crippen molar-refractivity contribution in [2.45, 2.75) is 59.0 Å². The number of aromatic hydroxyl groups is 1. The molecule has 0 bridgehead atoms. The first-order chi connectivity index (χ1) is 14.9. The molecule has 1 aliphatic rings. The zero-order chi connectivity index (χ0) is 22.5. The third kappa shape index (κ3) is 4.71. The number of carbonyl (C=O) groups is 1. The number of ether oxygens (including phenoxy) is 1. The molecule has 0 fully saturated rings. The lowest BCUT2D eigenvalue weighted by Crippen LogP contribution is -2.26. The van der Waals surface area contributed by atoms with Gasteiger partial charge in [0.05, 0.1) is 18.4 Å². The van der Waals surface area contributed by atoms with E-state index in [0.717, 1.165) is 24.2 Å². The van der Waals surface area contributed by atoms with Gasteiger partial charge in [0.2, 0.25) is 11.8 Å². The van der Waals surface area contributed by atoms with Crippen LogP contribution in [-0.2, 0) is 11.3 Å². The molecule has 0 radical (unpaired) electrons. The van der Waals surface area contributed by atoms with Crippen LogP contribution in [0.3, 0.4) is 0 Å². The maximum atomic E-state index is 12.7. The summed E-state index contributed by atoms with van der Waals surface area (Å²) in [5, 5.41) is 16.7. The lowest BCUT2D eigenvalue weighted by molar-refractivity contribution is -0.132. The quantitative estimate of drug-likeness (QED) is 0.602. The van der Waals surface area contributed by atoms with E-state index in [-0.39, 0.29) is 34.6 Å². The minimum Gasteiger partial charge on any atom is -0.494 e. The molecule has 166 valence electrons. The number of nitrogens with one attached hydrogen (secondary N) is 1. The van der Waals surface area contributed by atoms with E-state index >= 15 is 0 Å². The first-order valence-electron chi connectivity index (χ1n) is 10.6. The fourth-order valence-electron chi connectivity index (χ4n) is 3.61. The molecule has 0 aliphatic carbocycles. The second-order valence-corrected chi connectivity index (χ2v) is 7.71. The van der Waals surface area contributed by atoms with Gasteiger partial charge < -0.3 is 9.84 Å². The normalized spacial score (nSPS) is 15.8. The first-order valence-corrected chi connectivity index (χ1v) is 11.0. The van der Waals surface area contributed by atoms with Gasteiger partial charge in [0, 0.05) is 19.4 Å². The Kier molecular flexibility index (Phi) is 7.27. The Morgan fingerprint density at radius 1 is 1.29 bits per heavy atom. The summed E-state index contributed by atoms with van der Waals surface area (Å²) in [6.07, 6.45) is 2.29. The number of amides is 1. The van der Waals surface area contributed by atoms with Gasteiger partial charge in [0.1, 0.15) is 11.3 Å². The van der Waals surface area contributed by atoms with Crippen LogP contribution in [0, 0.1) is 4.77 Å². The molecule has 1 aromatic heterocycles. The van der Waals surface area contributed by atoms with Crippen molar-refractivity contribution in [1.82, 2.24) is 14.6 Å². The smallest absolute Gasteiger partial charge is 0.264 e. The lowest BCUT2D eigenvalue weighted by atomic mass is 9.99. The molecule has 8 nitrogen and oxygen atoms in total. The highest BCUT2D eigenvalue weighted by Crippen LogP contribution is 2.35. The molecule has 0 saturated carbocycles. The van der Waals surface area contributed by atoms with Gasteiger partial charge in [-0.25, -0.2) is 5.01 Å². The second kappa shape index (κ2) is 9.91. The van der Waals surface area contributed by atoms with E-state index in [1.807, 2.05) is 38.1 Å². The van der Waals surface area contributed by atoms with E-state index in [9.17, 15) is 14.7 Å². The summed E-state index contributed by atoms with van der Waals surface area (Å²) in [6.45, 7) is 6.76. The number of benzene rings is 1. The Bertz CT molecular complexity index is 1090. The molecule has 1 aromatic carbocycles. The Hall–Kier alpha value is -2.94. The summed E-state index contributed by atoms with van der Waals surface area (Å²) in [6, 6.07) is 7.11.